The topological polar surface area (TPSA) is 154 Å². The lowest BCUT2D eigenvalue weighted by Crippen LogP contribution is -2.40. The molecule has 3 aromatic rings. The van der Waals surface area contributed by atoms with Gasteiger partial charge in [-0.25, -0.2) is 4.98 Å². The van der Waals surface area contributed by atoms with Crippen LogP contribution in [0.1, 0.15) is 36.0 Å². The van der Waals surface area contributed by atoms with Crippen LogP contribution in [0.3, 0.4) is 0 Å². The van der Waals surface area contributed by atoms with Crippen molar-refractivity contribution in [2.75, 3.05) is 19.0 Å². The Bertz CT molecular complexity index is 1230. The first kappa shape index (κ1) is 23.2. The van der Waals surface area contributed by atoms with Crippen molar-refractivity contribution < 1.29 is 19.2 Å². The standard InChI is InChI=1S/C23H26N6O5/c1-34-20(30)13-25-22-21(14-3-2-4-18(11-14)29(32)33)27-19-12-15(9-10-28(19)22)23(31)26-17-7-5-16(24)6-8-17/h2-4,9-12,16-17,25H,5-8,13,24H2,1H3,(H,26,31). The monoisotopic (exact) mass is 466 g/mol. The van der Waals surface area contributed by atoms with E-state index in [2.05, 4.69) is 15.6 Å². The van der Waals surface area contributed by atoms with Gasteiger partial charge in [-0.2, -0.15) is 0 Å². The summed E-state index contributed by atoms with van der Waals surface area (Å²) in [7, 11) is 1.28. The highest BCUT2D eigenvalue weighted by molar-refractivity contribution is 5.95. The molecule has 178 valence electrons. The van der Waals surface area contributed by atoms with Crippen LogP contribution in [0.5, 0.6) is 0 Å². The number of fused-ring (bicyclic) bond motifs is 1. The molecule has 1 saturated carbocycles. The van der Waals surface area contributed by atoms with Crippen molar-refractivity contribution in [1.29, 1.82) is 0 Å². The molecule has 1 aliphatic rings. The summed E-state index contributed by atoms with van der Waals surface area (Å²) in [5.41, 5.74) is 7.66. The molecule has 0 saturated heterocycles. The van der Waals surface area contributed by atoms with Crippen LogP contribution in [0.2, 0.25) is 0 Å². The normalized spacial score (nSPS) is 17.8. The van der Waals surface area contributed by atoms with E-state index >= 15 is 0 Å². The van der Waals surface area contributed by atoms with Crippen molar-refractivity contribution >= 4 is 29.0 Å². The van der Waals surface area contributed by atoms with Crippen LogP contribution in [-0.4, -0.2) is 51.9 Å². The first-order valence-electron chi connectivity index (χ1n) is 11.0. The predicted octanol–water partition coefficient (Wildman–Crippen LogP) is 2.49. The van der Waals surface area contributed by atoms with E-state index in [1.807, 2.05) is 0 Å². The Morgan fingerprint density at radius 1 is 1.24 bits per heavy atom. The lowest BCUT2D eigenvalue weighted by Gasteiger charge is -2.26. The highest BCUT2D eigenvalue weighted by Gasteiger charge is 2.22. The van der Waals surface area contributed by atoms with Crippen LogP contribution in [-0.2, 0) is 9.53 Å². The van der Waals surface area contributed by atoms with E-state index in [9.17, 15) is 19.7 Å². The highest BCUT2D eigenvalue weighted by Crippen LogP contribution is 2.31. The number of nitro groups is 1. The molecular formula is C23H26N6O5. The van der Waals surface area contributed by atoms with Crippen molar-refractivity contribution in [2.24, 2.45) is 5.73 Å². The van der Waals surface area contributed by atoms with Gasteiger partial charge in [-0.1, -0.05) is 12.1 Å². The van der Waals surface area contributed by atoms with E-state index in [-0.39, 0.29) is 30.2 Å². The minimum atomic E-state index is -0.485. The van der Waals surface area contributed by atoms with Crippen LogP contribution >= 0.6 is 0 Å². The van der Waals surface area contributed by atoms with Gasteiger partial charge in [0.2, 0.25) is 0 Å². The Morgan fingerprint density at radius 2 is 2.00 bits per heavy atom. The minimum Gasteiger partial charge on any atom is -0.468 e. The molecule has 4 N–H and O–H groups in total. The average Bonchev–Trinajstić information content (AvgIpc) is 3.21. The number of nitrogens with one attached hydrogen (secondary N) is 2. The Balaban J connectivity index is 1.68. The fourth-order valence-corrected chi connectivity index (χ4v) is 4.08. The molecule has 4 rings (SSSR count). The number of hydrogen-bond donors (Lipinski definition) is 3. The maximum atomic E-state index is 12.8. The highest BCUT2D eigenvalue weighted by atomic mass is 16.6. The molecule has 0 aliphatic heterocycles. The third-order valence-electron chi connectivity index (χ3n) is 5.95. The average molecular weight is 466 g/mol. The second-order valence-electron chi connectivity index (χ2n) is 8.27. The minimum absolute atomic E-state index is 0.0826. The second-order valence-corrected chi connectivity index (χ2v) is 8.27. The summed E-state index contributed by atoms with van der Waals surface area (Å²) < 4.78 is 6.39. The van der Waals surface area contributed by atoms with E-state index in [4.69, 9.17) is 10.5 Å². The number of nitrogens with two attached hydrogens (primary N) is 1. The van der Waals surface area contributed by atoms with Gasteiger partial charge >= 0.3 is 5.97 Å². The number of benzene rings is 1. The number of esters is 1. The van der Waals surface area contributed by atoms with Crippen LogP contribution in [0.15, 0.2) is 42.6 Å². The van der Waals surface area contributed by atoms with Crippen LogP contribution in [0.25, 0.3) is 16.9 Å². The summed E-state index contributed by atoms with van der Waals surface area (Å²) in [6.07, 6.45) is 5.13. The zero-order chi connectivity index (χ0) is 24.2. The van der Waals surface area contributed by atoms with Crippen molar-refractivity contribution in [1.82, 2.24) is 14.7 Å². The molecule has 11 nitrogen and oxygen atoms in total. The van der Waals surface area contributed by atoms with E-state index in [0.29, 0.717) is 28.3 Å². The molecule has 0 spiro atoms. The number of imidazole rings is 1. The number of ether oxygens (including phenoxy) is 1. The molecule has 0 bridgehead atoms. The van der Waals surface area contributed by atoms with Gasteiger partial charge in [0.15, 0.2) is 0 Å². The number of hydrogen-bond acceptors (Lipinski definition) is 8. The Morgan fingerprint density at radius 3 is 2.71 bits per heavy atom. The lowest BCUT2D eigenvalue weighted by atomic mass is 9.91. The lowest BCUT2D eigenvalue weighted by molar-refractivity contribution is -0.384. The molecular weight excluding hydrogens is 440 g/mol. The number of aromatic nitrogens is 2. The Labute approximate surface area is 195 Å². The fourth-order valence-electron chi connectivity index (χ4n) is 4.08. The van der Waals surface area contributed by atoms with Gasteiger partial charge in [-0.05, 0) is 37.8 Å². The van der Waals surface area contributed by atoms with Gasteiger partial charge in [0.1, 0.15) is 23.7 Å². The number of anilines is 1. The first-order chi connectivity index (χ1) is 16.4. The summed E-state index contributed by atoms with van der Waals surface area (Å²) in [6, 6.07) is 9.65. The van der Waals surface area contributed by atoms with Crippen LogP contribution in [0.4, 0.5) is 11.5 Å². The third-order valence-corrected chi connectivity index (χ3v) is 5.95. The summed E-state index contributed by atoms with van der Waals surface area (Å²) >= 11 is 0. The summed E-state index contributed by atoms with van der Waals surface area (Å²) in [4.78, 5) is 39.9. The Kier molecular flexibility index (Phi) is 6.73. The van der Waals surface area contributed by atoms with Gasteiger partial charge in [-0.15, -0.1) is 0 Å². The molecule has 2 aromatic heterocycles. The number of non-ortho nitro benzene ring substituents is 1. The zero-order valence-corrected chi connectivity index (χ0v) is 18.7. The maximum Gasteiger partial charge on any atom is 0.325 e. The van der Waals surface area contributed by atoms with E-state index in [1.54, 1.807) is 34.9 Å². The summed E-state index contributed by atoms with van der Waals surface area (Å²) in [5.74, 6) is -0.232. The predicted molar refractivity (Wildman–Crippen MR) is 125 cm³/mol. The largest absolute Gasteiger partial charge is 0.468 e. The van der Waals surface area contributed by atoms with Gasteiger partial charge < -0.3 is 21.1 Å². The summed E-state index contributed by atoms with van der Waals surface area (Å²) in [6.45, 7) is -0.127. The second kappa shape index (κ2) is 9.87. The molecule has 11 heteroatoms. The number of carbonyl (C=O) groups is 2. The molecule has 0 atom stereocenters. The number of methoxy groups -OCH3 is 1. The zero-order valence-electron chi connectivity index (χ0n) is 18.7. The molecule has 34 heavy (non-hydrogen) atoms. The molecule has 1 aromatic carbocycles. The smallest absolute Gasteiger partial charge is 0.325 e. The number of carbonyl (C=O) groups excluding carboxylic acids is 2. The SMILES string of the molecule is COC(=O)CNc1c(-c2cccc([N+](=O)[O-])c2)nc2cc(C(=O)NC3CCC(N)CC3)ccn12. The van der Waals surface area contributed by atoms with Gasteiger partial charge in [-0.3, -0.25) is 24.1 Å². The van der Waals surface area contributed by atoms with Crippen molar-refractivity contribution in [3.8, 4) is 11.3 Å². The Hall–Kier alpha value is -3.99. The van der Waals surface area contributed by atoms with E-state index in [0.717, 1.165) is 25.7 Å². The van der Waals surface area contributed by atoms with Crippen molar-refractivity contribution in [3.05, 3.63) is 58.3 Å². The van der Waals surface area contributed by atoms with E-state index in [1.165, 1.54) is 19.2 Å². The quantitative estimate of drug-likeness (QED) is 0.273. The fraction of sp³-hybridized carbons (Fsp3) is 0.348. The van der Waals surface area contributed by atoms with Crippen LogP contribution < -0.4 is 16.4 Å². The first-order valence-corrected chi connectivity index (χ1v) is 11.0. The van der Waals surface area contributed by atoms with Crippen molar-refractivity contribution in [2.45, 2.75) is 37.8 Å². The number of amides is 1. The van der Waals surface area contributed by atoms with E-state index < -0.39 is 10.9 Å². The number of rotatable bonds is 7. The van der Waals surface area contributed by atoms with Crippen molar-refractivity contribution in [3.63, 3.8) is 0 Å². The maximum absolute atomic E-state index is 12.8. The number of nitrogens with zero attached hydrogens (tertiary/aromatic N) is 3. The van der Waals surface area contributed by atoms with Gasteiger partial charge in [0.05, 0.1) is 12.0 Å². The van der Waals surface area contributed by atoms with Gasteiger partial charge in [0, 0.05) is 41.5 Å². The third kappa shape index (κ3) is 4.99. The molecule has 1 fully saturated rings. The molecule has 0 unspecified atom stereocenters. The molecule has 2 heterocycles. The molecule has 1 aliphatic carbocycles. The van der Waals surface area contributed by atoms with Gasteiger partial charge in [0.25, 0.3) is 11.6 Å². The van der Waals surface area contributed by atoms with Crippen LogP contribution in [0, 0.1) is 10.1 Å². The molecule has 0 radical (unpaired) electrons. The number of nitro benzene ring substituents is 1. The number of pyridine rings is 1. The summed E-state index contributed by atoms with van der Waals surface area (Å²) in [5, 5.41) is 17.3. The molecule has 1 amide bonds.